The van der Waals surface area contributed by atoms with Crippen LogP contribution in [0.1, 0.15) is 5.56 Å². The second-order valence-corrected chi connectivity index (χ2v) is 5.88. The van der Waals surface area contributed by atoms with Crippen molar-refractivity contribution < 1.29 is 17.2 Å². The van der Waals surface area contributed by atoms with E-state index in [0.717, 1.165) is 18.2 Å². The summed E-state index contributed by atoms with van der Waals surface area (Å²) in [5.74, 6) is -1.15. The molecule has 0 aliphatic heterocycles. The summed E-state index contributed by atoms with van der Waals surface area (Å²) in [5, 5.41) is 7.79. The maximum atomic E-state index is 13.5. The van der Waals surface area contributed by atoms with Crippen LogP contribution in [0.15, 0.2) is 41.3 Å². The number of hydrogen-bond donors (Lipinski definition) is 3. The summed E-state index contributed by atoms with van der Waals surface area (Å²) >= 11 is 0. The van der Waals surface area contributed by atoms with E-state index in [2.05, 4.69) is 5.32 Å². The van der Waals surface area contributed by atoms with Crippen LogP contribution in [0.3, 0.4) is 0 Å². The van der Waals surface area contributed by atoms with E-state index in [1.165, 1.54) is 18.2 Å². The van der Waals surface area contributed by atoms with Crippen LogP contribution in [-0.4, -0.2) is 8.42 Å². The summed E-state index contributed by atoms with van der Waals surface area (Å²) in [6.45, 7) is -0.0537. The maximum absolute atomic E-state index is 13.5. The van der Waals surface area contributed by atoms with Gasteiger partial charge >= 0.3 is 0 Å². The highest BCUT2D eigenvalue weighted by Gasteiger charge is 2.14. The lowest BCUT2D eigenvalue weighted by atomic mass is 10.2. The predicted octanol–water partition coefficient (Wildman–Crippen LogP) is 1.81. The first-order valence-electron chi connectivity index (χ1n) is 5.88. The van der Waals surface area contributed by atoms with Crippen LogP contribution in [0.5, 0.6) is 0 Å². The molecule has 21 heavy (non-hydrogen) atoms. The van der Waals surface area contributed by atoms with E-state index in [0.29, 0.717) is 0 Å². The van der Waals surface area contributed by atoms with Crippen LogP contribution < -0.4 is 16.2 Å². The molecule has 0 saturated heterocycles. The van der Waals surface area contributed by atoms with Crippen molar-refractivity contribution in [1.82, 2.24) is 0 Å². The Bertz CT molecular complexity index is 779. The number of nitrogens with one attached hydrogen (secondary N) is 1. The van der Waals surface area contributed by atoms with Gasteiger partial charge in [-0.15, -0.1) is 0 Å². The molecular formula is C13H13F2N3O2S. The molecule has 5 N–H and O–H groups in total. The standard InChI is InChI=1S/C13H13F2N3O2S/c14-9-4-5-10(15)8(6-9)7-18-11-2-1-3-12(13(11)16)21(17,19)20/h1-6,18H,7,16H2,(H2,17,19,20). The minimum absolute atomic E-state index is 0.0537. The Morgan fingerprint density at radius 2 is 1.86 bits per heavy atom. The largest absolute Gasteiger partial charge is 0.396 e. The molecule has 0 bridgehead atoms. The lowest BCUT2D eigenvalue weighted by Gasteiger charge is -2.12. The van der Waals surface area contributed by atoms with Gasteiger partial charge in [0.15, 0.2) is 0 Å². The van der Waals surface area contributed by atoms with Crippen LogP contribution >= 0.6 is 0 Å². The molecule has 0 amide bonds. The molecule has 0 aliphatic carbocycles. The van der Waals surface area contributed by atoms with Gasteiger partial charge in [0.25, 0.3) is 0 Å². The van der Waals surface area contributed by atoms with Crippen molar-refractivity contribution in [1.29, 1.82) is 0 Å². The molecule has 8 heteroatoms. The molecule has 2 rings (SSSR count). The highest BCUT2D eigenvalue weighted by atomic mass is 32.2. The molecule has 0 unspecified atom stereocenters. The second kappa shape index (κ2) is 5.66. The predicted molar refractivity (Wildman–Crippen MR) is 75.9 cm³/mol. The average Bonchev–Trinajstić information content (AvgIpc) is 2.40. The smallest absolute Gasteiger partial charge is 0.240 e. The van der Waals surface area contributed by atoms with Gasteiger partial charge < -0.3 is 11.1 Å². The second-order valence-electron chi connectivity index (χ2n) is 4.35. The molecule has 2 aromatic rings. The normalized spacial score (nSPS) is 11.4. The number of anilines is 2. The van der Waals surface area contributed by atoms with E-state index < -0.39 is 21.7 Å². The zero-order valence-electron chi connectivity index (χ0n) is 10.8. The van der Waals surface area contributed by atoms with E-state index in [1.807, 2.05) is 0 Å². The van der Waals surface area contributed by atoms with Gasteiger partial charge in [0.2, 0.25) is 10.0 Å². The Hall–Kier alpha value is -2.19. The molecule has 0 aliphatic rings. The minimum Gasteiger partial charge on any atom is -0.396 e. The Kier molecular flexibility index (Phi) is 4.10. The number of rotatable bonds is 4. The van der Waals surface area contributed by atoms with Crippen LogP contribution in [-0.2, 0) is 16.6 Å². The van der Waals surface area contributed by atoms with E-state index in [1.54, 1.807) is 0 Å². The van der Waals surface area contributed by atoms with Crippen LogP contribution in [0.4, 0.5) is 20.2 Å². The Morgan fingerprint density at radius 1 is 1.14 bits per heavy atom. The number of sulfonamides is 1. The molecule has 0 radical (unpaired) electrons. The number of nitrogen functional groups attached to an aromatic ring is 1. The van der Waals surface area contributed by atoms with Crippen molar-refractivity contribution in [3.05, 3.63) is 53.6 Å². The third kappa shape index (κ3) is 3.47. The number of hydrogen-bond acceptors (Lipinski definition) is 4. The molecule has 0 aromatic heterocycles. The van der Waals surface area contributed by atoms with Crippen molar-refractivity contribution in [3.8, 4) is 0 Å². The molecule has 0 spiro atoms. The van der Waals surface area contributed by atoms with Crippen molar-refractivity contribution in [2.45, 2.75) is 11.4 Å². The van der Waals surface area contributed by atoms with Gasteiger partial charge in [-0.1, -0.05) is 6.07 Å². The Labute approximate surface area is 120 Å². The van der Waals surface area contributed by atoms with Crippen molar-refractivity contribution in [2.24, 2.45) is 5.14 Å². The quantitative estimate of drug-likeness (QED) is 0.750. The lowest BCUT2D eigenvalue weighted by molar-refractivity contribution is 0.587. The fourth-order valence-corrected chi connectivity index (χ4v) is 2.50. The average molecular weight is 313 g/mol. The number of nitrogens with two attached hydrogens (primary N) is 2. The lowest BCUT2D eigenvalue weighted by Crippen LogP contribution is -2.15. The number of para-hydroxylation sites is 1. The molecule has 0 saturated carbocycles. The van der Waals surface area contributed by atoms with Gasteiger partial charge in [-0.3, -0.25) is 0 Å². The molecule has 0 heterocycles. The highest BCUT2D eigenvalue weighted by Crippen LogP contribution is 2.26. The van der Waals surface area contributed by atoms with Crippen LogP contribution in [0.2, 0.25) is 0 Å². The first kappa shape index (κ1) is 15.2. The Morgan fingerprint density at radius 3 is 2.52 bits per heavy atom. The van der Waals surface area contributed by atoms with Gasteiger partial charge in [-0.05, 0) is 30.3 Å². The van der Waals surface area contributed by atoms with E-state index in [9.17, 15) is 17.2 Å². The summed E-state index contributed by atoms with van der Waals surface area (Å²) in [4.78, 5) is -0.229. The third-order valence-corrected chi connectivity index (χ3v) is 3.82. The van der Waals surface area contributed by atoms with E-state index in [4.69, 9.17) is 10.9 Å². The minimum atomic E-state index is -3.95. The summed E-state index contributed by atoms with van der Waals surface area (Å²) < 4.78 is 49.2. The van der Waals surface area contributed by atoms with Crippen molar-refractivity contribution in [2.75, 3.05) is 11.1 Å². The zero-order valence-corrected chi connectivity index (χ0v) is 11.6. The topological polar surface area (TPSA) is 98.2 Å². The molecule has 5 nitrogen and oxygen atoms in total. The third-order valence-electron chi connectivity index (χ3n) is 2.85. The summed E-state index contributed by atoms with van der Waals surface area (Å²) in [6.07, 6.45) is 0. The molecule has 112 valence electrons. The summed E-state index contributed by atoms with van der Waals surface area (Å²) in [5.41, 5.74) is 6.00. The molecular weight excluding hydrogens is 300 g/mol. The van der Waals surface area contributed by atoms with E-state index >= 15 is 0 Å². The summed E-state index contributed by atoms with van der Waals surface area (Å²) in [7, 11) is -3.95. The van der Waals surface area contributed by atoms with Gasteiger partial charge in [0.05, 0.1) is 11.4 Å². The molecule has 0 atom stereocenters. The van der Waals surface area contributed by atoms with Gasteiger partial charge in [0, 0.05) is 12.1 Å². The van der Waals surface area contributed by atoms with Gasteiger partial charge in [-0.25, -0.2) is 22.3 Å². The number of primary sulfonamides is 1. The van der Waals surface area contributed by atoms with Gasteiger partial charge in [0.1, 0.15) is 16.5 Å². The monoisotopic (exact) mass is 313 g/mol. The maximum Gasteiger partial charge on any atom is 0.240 e. The highest BCUT2D eigenvalue weighted by molar-refractivity contribution is 7.89. The zero-order chi connectivity index (χ0) is 15.6. The number of halogens is 2. The molecule has 2 aromatic carbocycles. The fraction of sp³-hybridized carbons (Fsp3) is 0.0769. The Balaban J connectivity index is 2.27. The number of benzene rings is 2. The molecule has 0 fully saturated rings. The fourth-order valence-electron chi connectivity index (χ4n) is 1.82. The van der Waals surface area contributed by atoms with Gasteiger partial charge in [-0.2, -0.15) is 0 Å². The SMILES string of the molecule is Nc1c(NCc2cc(F)ccc2F)cccc1S(N)(=O)=O. The van der Waals surface area contributed by atoms with E-state index in [-0.39, 0.29) is 28.4 Å². The van der Waals surface area contributed by atoms with Crippen LogP contribution in [0.25, 0.3) is 0 Å². The summed E-state index contributed by atoms with van der Waals surface area (Å²) in [6, 6.07) is 7.29. The first-order valence-corrected chi connectivity index (χ1v) is 7.43. The van der Waals surface area contributed by atoms with Crippen molar-refractivity contribution in [3.63, 3.8) is 0 Å². The first-order chi connectivity index (χ1) is 9.79. The van der Waals surface area contributed by atoms with Crippen molar-refractivity contribution >= 4 is 21.4 Å². The van der Waals surface area contributed by atoms with Crippen LogP contribution in [0, 0.1) is 11.6 Å².